The maximum absolute atomic E-state index is 11.6. The van der Waals surface area contributed by atoms with Crippen LogP contribution >= 0.6 is 11.8 Å². The van der Waals surface area contributed by atoms with E-state index in [-0.39, 0.29) is 5.92 Å². The second-order valence-electron chi connectivity index (χ2n) is 7.15. The van der Waals surface area contributed by atoms with Crippen LogP contribution in [0, 0.1) is 11.8 Å². The fraction of sp³-hybridized carbons (Fsp3) is 0.455. The Morgan fingerprint density at radius 1 is 0.960 bits per heavy atom. The van der Waals surface area contributed by atoms with Crippen LogP contribution in [-0.4, -0.2) is 24.5 Å². The minimum absolute atomic E-state index is 0.0549. The van der Waals surface area contributed by atoms with Crippen molar-refractivity contribution >= 4 is 11.8 Å². The Hall–Kier alpha value is -1.29. The molecule has 2 aromatic rings. The number of nitrogens with one attached hydrogen (secondary N) is 1. The van der Waals surface area contributed by atoms with Crippen molar-refractivity contribution in [1.29, 1.82) is 0 Å². The van der Waals surface area contributed by atoms with Crippen LogP contribution < -0.4 is 5.32 Å². The monoisotopic (exact) mass is 357 g/mol. The van der Waals surface area contributed by atoms with Crippen molar-refractivity contribution in [3.63, 3.8) is 0 Å². The molecule has 2 N–H and O–H groups in total. The molecule has 0 aliphatic heterocycles. The van der Waals surface area contributed by atoms with E-state index >= 15 is 0 Å². The van der Waals surface area contributed by atoms with Crippen LogP contribution in [0.15, 0.2) is 59.5 Å². The molecule has 0 spiro atoms. The number of hydrogen-bond donors (Lipinski definition) is 2. The number of thioether (sulfide) groups is 1. The van der Waals surface area contributed by atoms with Gasteiger partial charge in [0.2, 0.25) is 0 Å². The highest BCUT2D eigenvalue weighted by Gasteiger charge is 2.37. The molecule has 0 aliphatic carbocycles. The molecule has 0 radical (unpaired) electrons. The summed E-state index contributed by atoms with van der Waals surface area (Å²) in [6.45, 7) is 7.35. The molecule has 0 saturated heterocycles. The second-order valence-corrected chi connectivity index (χ2v) is 8.31. The predicted molar refractivity (Wildman–Crippen MR) is 109 cm³/mol. The van der Waals surface area contributed by atoms with Crippen LogP contribution in [0.4, 0.5) is 0 Å². The maximum Gasteiger partial charge on any atom is 0.118 e. The van der Waals surface area contributed by atoms with Crippen LogP contribution in [0.1, 0.15) is 38.3 Å². The fourth-order valence-corrected chi connectivity index (χ4v) is 4.25. The van der Waals surface area contributed by atoms with E-state index in [2.05, 4.69) is 50.4 Å². The smallest absolute Gasteiger partial charge is 0.118 e. The Labute approximate surface area is 157 Å². The first-order chi connectivity index (χ1) is 12.0. The summed E-state index contributed by atoms with van der Waals surface area (Å²) in [5.74, 6) is 1.92. The maximum atomic E-state index is 11.6. The molecule has 0 aliphatic rings. The van der Waals surface area contributed by atoms with Gasteiger partial charge in [0.15, 0.2) is 0 Å². The summed E-state index contributed by atoms with van der Waals surface area (Å²) < 4.78 is 0. The zero-order chi connectivity index (χ0) is 18.3. The zero-order valence-electron chi connectivity index (χ0n) is 15.8. The lowest BCUT2D eigenvalue weighted by Gasteiger charge is -2.35. The molecule has 2 atom stereocenters. The lowest BCUT2D eigenvalue weighted by atomic mass is 9.77. The Balaban J connectivity index is 2.26. The first-order valence-corrected chi connectivity index (χ1v) is 10.1. The van der Waals surface area contributed by atoms with Crippen LogP contribution in [0.3, 0.4) is 0 Å². The van der Waals surface area contributed by atoms with E-state index < -0.39 is 5.60 Å². The number of aliphatic hydroxyl groups is 1. The van der Waals surface area contributed by atoms with Crippen molar-refractivity contribution < 1.29 is 5.11 Å². The van der Waals surface area contributed by atoms with Crippen LogP contribution in [0.5, 0.6) is 0 Å². The van der Waals surface area contributed by atoms with Gasteiger partial charge in [-0.3, -0.25) is 0 Å². The van der Waals surface area contributed by atoms with Crippen molar-refractivity contribution in [1.82, 2.24) is 5.32 Å². The first kappa shape index (κ1) is 20.0. The van der Waals surface area contributed by atoms with Gasteiger partial charge in [0, 0.05) is 17.4 Å². The zero-order valence-corrected chi connectivity index (χ0v) is 16.6. The molecule has 3 heteroatoms. The van der Waals surface area contributed by atoms with E-state index in [4.69, 9.17) is 0 Å². The Kier molecular flexibility index (Phi) is 7.55. The SMILES string of the molecule is CNCC(C)C(O)(c1ccccc1)c1ccc(SCCC(C)C)cc1. The van der Waals surface area contributed by atoms with Crippen LogP contribution in [0.2, 0.25) is 0 Å². The minimum Gasteiger partial charge on any atom is -0.380 e. The van der Waals surface area contributed by atoms with Gasteiger partial charge >= 0.3 is 0 Å². The molecule has 2 rings (SSSR count). The summed E-state index contributed by atoms with van der Waals surface area (Å²) in [5, 5.41) is 14.8. The average molecular weight is 358 g/mol. The summed E-state index contributed by atoms with van der Waals surface area (Å²) in [4.78, 5) is 1.26. The fourth-order valence-electron chi connectivity index (χ4n) is 3.10. The lowest BCUT2D eigenvalue weighted by molar-refractivity contribution is 0.0248. The minimum atomic E-state index is -0.995. The van der Waals surface area contributed by atoms with Crippen molar-refractivity contribution in [2.75, 3.05) is 19.3 Å². The number of benzene rings is 2. The lowest BCUT2D eigenvalue weighted by Crippen LogP contribution is -2.39. The molecule has 0 bridgehead atoms. The highest BCUT2D eigenvalue weighted by molar-refractivity contribution is 7.99. The molecule has 0 heterocycles. The quantitative estimate of drug-likeness (QED) is 0.625. The first-order valence-electron chi connectivity index (χ1n) is 9.14. The molecule has 0 saturated carbocycles. The Morgan fingerprint density at radius 2 is 1.56 bits per heavy atom. The van der Waals surface area contributed by atoms with Gasteiger partial charge in [-0.2, -0.15) is 0 Å². The van der Waals surface area contributed by atoms with Gasteiger partial charge in [-0.15, -0.1) is 11.8 Å². The van der Waals surface area contributed by atoms with Gasteiger partial charge in [-0.25, -0.2) is 0 Å². The van der Waals surface area contributed by atoms with Gasteiger partial charge in [-0.05, 0) is 48.4 Å². The van der Waals surface area contributed by atoms with E-state index in [1.807, 2.05) is 49.1 Å². The van der Waals surface area contributed by atoms with Gasteiger partial charge in [0.05, 0.1) is 0 Å². The van der Waals surface area contributed by atoms with Gasteiger partial charge in [0.1, 0.15) is 5.60 Å². The molecule has 25 heavy (non-hydrogen) atoms. The van der Waals surface area contributed by atoms with E-state index in [9.17, 15) is 5.11 Å². The average Bonchev–Trinajstić information content (AvgIpc) is 2.62. The van der Waals surface area contributed by atoms with Gasteiger partial charge in [-0.1, -0.05) is 63.2 Å². The second kappa shape index (κ2) is 9.42. The van der Waals surface area contributed by atoms with Crippen molar-refractivity contribution in [3.8, 4) is 0 Å². The van der Waals surface area contributed by atoms with Gasteiger partial charge < -0.3 is 10.4 Å². The number of hydrogen-bond acceptors (Lipinski definition) is 3. The highest BCUT2D eigenvalue weighted by Crippen LogP contribution is 2.37. The molecule has 136 valence electrons. The molecule has 2 unspecified atom stereocenters. The standard InChI is InChI=1S/C22H31NOS/c1-17(2)14-15-25-21-12-10-20(11-13-21)22(24,18(3)16-23-4)19-8-6-5-7-9-19/h5-13,17-18,23-24H,14-16H2,1-4H3. The largest absolute Gasteiger partial charge is 0.380 e. The van der Waals surface area contributed by atoms with Crippen LogP contribution in [0.25, 0.3) is 0 Å². The summed E-state index contributed by atoms with van der Waals surface area (Å²) in [7, 11) is 1.93. The predicted octanol–water partition coefficient (Wildman–Crippen LogP) is 4.92. The van der Waals surface area contributed by atoms with Crippen molar-refractivity contribution in [2.45, 2.75) is 37.7 Å². The third-order valence-electron chi connectivity index (χ3n) is 4.70. The summed E-state index contributed by atoms with van der Waals surface area (Å²) in [6.07, 6.45) is 1.22. The highest BCUT2D eigenvalue weighted by atomic mass is 32.2. The molecule has 2 nitrogen and oxygen atoms in total. The molecule has 0 aromatic heterocycles. The van der Waals surface area contributed by atoms with E-state index in [0.717, 1.165) is 29.3 Å². The normalized spacial score (nSPS) is 15.1. The van der Waals surface area contributed by atoms with Crippen molar-refractivity contribution in [3.05, 3.63) is 65.7 Å². The Bertz CT molecular complexity index is 626. The molecule has 0 amide bonds. The summed E-state index contributed by atoms with van der Waals surface area (Å²) in [5.41, 5.74) is 0.901. The van der Waals surface area contributed by atoms with E-state index in [0.29, 0.717) is 0 Å². The molecular formula is C22H31NOS. The summed E-state index contributed by atoms with van der Waals surface area (Å²) >= 11 is 1.89. The van der Waals surface area contributed by atoms with Gasteiger partial charge in [0.25, 0.3) is 0 Å². The molecule has 0 fully saturated rings. The van der Waals surface area contributed by atoms with E-state index in [1.165, 1.54) is 11.3 Å². The topological polar surface area (TPSA) is 32.3 Å². The van der Waals surface area contributed by atoms with E-state index in [1.54, 1.807) is 0 Å². The molecular weight excluding hydrogens is 326 g/mol. The number of rotatable bonds is 9. The summed E-state index contributed by atoms with van der Waals surface area (Å²) in [6, 6.07) is 18.4. The Morgan fingerprint density at radius 3 is 2.12 bits per heavy atom. The third-order valence-corrected chi connectivity index (χ3v) is 5.74. The van der Waals surface area contributed by atoms with Crippen molar-refractivity contribution in [2.24, 2.45) is 11.8 Å². The molecule has 2 aromatic carbocycles. The van der Waals surface area contributed by atoms with Crippen LogP contribution in [-0.2, 0) is 5.60 Å². The third kappa shape index (κ3) is 5.10.